The van der Waals surface area contributed by atoms with E-state index in [4.69, 9.17) is 0 Å². The number of halogens is 1. The lowest BCUT2D eigenvalue weighted by molar-refractivity contribution is 0.293. The Labute approximate surface area is 82.3 Å². The molecular formula is C7H14BrNO2S. The van der Waals surface area contributed by atoms with Gasteiger partial charge >= 0.3 is 0 Å². The summed E-state index contributed by atoms with van der Waals surface area (Å²) in [7, 11) is -3.06. The van der Waals surface area contributed by atoms with E-state index < -0.39 is 10.0 Å². The Bertz CT molecular complexity index is 261. The molecule has 0 saturated carbocycles. The van der Waals surface area contributed by atoms with Crippen molar-refractivity contribution in [3.8, 4) is 0 Å². The normalized spacial score (nSPS) is 24.6. The first kappa shape index (κ1) is 10.5. The van der Waals surface area contributed by atoms with Crippen molar-refractivity contribution < 1.29 is 8.42 Å². The summed E-state index contributed by atoms with van der Waals surface area (Å²) in [6.45, 7) is 4.61. The van der Waals surface area contributed by atoms with Gasteiger partial charge in [0.1, 0.15) is 4.66 Å². The molecule has 1 fully saturated rings. The van der Waals surface area contributed by atoms with E-state index in [2.05, 4.69) is 15.9 Å². The topological polar surface area (TPSA) is 37.4 Å². The van der Waals surface area contributed by atoms with Gasteiger partial charge in [0, 0.05) is 12.1 Å². The second-order valence-corrected chi connectivity index (χ2v) is 6.91. The Morgan fingerprint density at radius 1 is 1.50 bits per heavy atom. The number of hydrogen-bond acceptors (Lipinski definition) is 2. The molecule has 3 nitrogen and oxygen atoms in total. The van der Waals surface area contributed by atoms with E-state index in [1.807, 2.05) is 13.8 Å². The van der Waals surface area contributed by atoms with E-state index in [-0.39, 0.29) is 10.2 Å². The molecule has 12 heavy (non-hydrogen) atoms. The van der Waals surface area contributed by atoms with Gasteiger partial charge in [-0.1, -0.05) is 15.9 Å². The predicted octanol–water partition coefficient (Wildman–Crippen LogP) is 1.54. The smallest absolute Gasteiger partial charge is 0.211 e. The number of alkyl halides is 1. The molecule has 0 aromatic rings. The van der Waals surface area contributed by atoms with Crippen LogP contribution in [0.15, 0.2) is 0 Å². The van der Waals surface area contributed by atoms with Gasteiger partial charge in [0.2, 0.25) is 10.0 Å². The molecular weight excluding hydrogens is 242 g/mol. The summed E-state index contributed by atoms with van der Waals surface area (Å²) < 4.78 is 24.6. The van der Waals surface area contributed by atoms with E-state index in [1.165, 1.54) is 0 Å². The van der Waals surface area contributed by atoms with Crippen LogP contribution in [0.4, 0.5) is 0 Å². The summed E-state index contributed by atoms with van der Waals surface area (Å²) >= 11 is 3.00. The third-order valence-electron chi connectivity index (χ3n) is 2.30. The lowest BCUT2D eigenvalue weighted by Gasteiger charge is -2.29. The van der Waals surface area contributed by atoms with E-state index in [1.54, 1.807) is 4.31 Å². The van der Waals surface area contributed by atoms with Crippen molar-refractivity contribution in [1.29, 1.82) is 0 Å². The summed E-state index contributed by atoms with van der Waals surface area (Å²) in [5, 5.41) is 0. The van der Waals surface area contributed by atoms with Gasteiger partial charge in [-0.05, 0) is 26.7 Å². The number of rotatable bonds is 2. The third kappa shape index (κ3) is 1.83. The van der Waals surface area contributed by atoms with Crippen LogP contribution in [0.3, 0.4) is 0 Å². The van der Waals surface area contributed by atoms with Crippen molar-refractivity contribution >= 4 is 26.0 Å². The maximum Gasteiger partial charge on any atom is 0.224 e. The number of nitrogens with zero attached hydrogens (tertiary/aromatic N) is 1. The van der Waals surface area contributed by atoms with Crippen LogP contribution in [0.5, 0.6) is 0 Å². The molecule has 1 aliphatic rings. The fourth-order valence-corrected chi connectivity index (χ4v) is 3.77. The quantitative estimate of drug-likeness (QED) is 0.703. The van der Waals surface area contributed by atoms with E-state index in [0.29, 0.717) is 6.54 Å². The summed E-state index contributed by atoms with van der Waals surface area (Å²) in [4.78, 5) is 0. The molecule has 1 rings (SSSR count). The van der Waals surface area contributed by atoms with Crippen molar-refractivity contribution in [3.63, 3.8) is 0 Å². The van der Waals surface area contributed by atoms with Crippen molar-refractivity contribution in [2.75, 3.05) is 11.2 Å². The molecule has 0 aromatic heterocycles. The van der Waals surface area contributed by atoms with E-state index in [0.717, 1.165) is 12.8 Å². The first-order valence-electron chi connectivity index (χ1n) is 3.97. The summed E-state index contributed by atoms with van der Waals surface area (Å²) in [5.74, 6) is 0. The van der Waals surface area contributed by atoms with Gasteiger partial charge in [0.25, 0.3) is 0 Å². The zero-order valence-electron chi connectivity index (χ0n) is 7.38. The van der Waals surface area contributed by atoms with Crippen LogP contribution in [0, 0.1) is 0 Å². The molecule has 0 aliphatic carbocycles. The van der Waals surface area contributed by atoms with Crippen LogP contribution in [-0.2, 0) is 10.0 Å². The van der Waals surface area contributed by atoms with Crippen LogP contribution in [-0.4, -0.2) is 29.5 Å². The molecule has 1 heterocycles. The standard InChI is InChI=1S/C7H14BrNO2S/c1-7(2)4-3-5-9(7)12(10,11)6-8/h3-6H2,1-2H3. The van der Waals surface area contributed by atoms with Crippen molar-refractivity contribution in [2.45, 2.75) is 32.2 Å². The molecule has 0 aromatic carbocycles. The second kappa shape index (κ2) is 3.27. The average Bonchev–Trinajstić information content (AvgIpc) is 2.30. The van der Waals surface area contributed by atoms with E-state index >= 15 is 0 Å². The minimum atomic E-state index is -3.06. The molecule has 0 amide bonds. The molecule has 0 atom stereocenters. The zero-order valence-corrected chi connectivity index (χ0v) is 9.78. The number of hydrogen-bond donors (Lipinski definition) is 0. The molecule has 5 heteroatoms. The highest BCUT2D eigenvalue weighted by Crippen LogP contribution is 2.31. The molecule has 0 bridgehead atoms. The third-order valence-corrected chi connectivity index (χ3v) is 5.66. The van der Waals surface area contributed by atoms with Gasteiger partial charge in [-0.3, -0.25) is 0 Å². The monoisotopic (exact) mass is 255 g/mol. The van der Waals surface area contributed by atoms with Gasteiger partial charge in [-0.2, -0.15) is 4.31 Å². The highest BCUT2D eigenvalue weighted by molar-refractivity contribution is 9.10. The van der Waals surface area contributed by atoms with E-state index in [9.17, 15) is 8.42 Å². The van der Waals surface area contributed by atoms with Gasteiger partial charge in [0.05, 0.1) is 0 Å². The maximum atomic E-state index is 11.5. The van der Waals surface area contributed by atoms with Gasteiger partial charge < -0.3 is 0 Å². The molecule has 72 valence electrons. The Morgan fingerprint density at radius 3 is 2.42 bits per heavy atom. The Morgan fingerprint density at radius 2 is 2.08 bits per heavy atom. The maximum absolute atomic E-state index is 11.5. The van der Waals surface area contributed by atoms with Crippen molar-refractivity contribution in [3.05, 3.63) is 0 Å². The highest BCUT2D eigenvalue weighted by atomic mass is 79.9. The summed E-state index contributed by atoms with van der Waals surface area (Å²) in [6, 6.07) is 0. The molecule has 0 N–H and O–H groups in total. The SMILES string of the molecule is CC1(C)CCCN1S(=O)(=O)CBr. The molecule has 1 aliphatic heterocycles. The van der Waals surface area contributed by atoms with Crippen LogP contribution in [0.1, 0.15) is 26.7 Å². The first-order valence-corrected chi connectivity index (χ1v) is 6.70. The predicted molar refractivity (Wildman–Crippen MR) is 52.7 cm³/mol. The molecule has 0 radical (unpaired) electrons. The van der Waals surface area contributed by atoms with Crippen molar-refractivity contribution in [1.82, 2.24) is 4.31 Å². The fraction of sp³-hybridized carbons (Fsp3) is 1.00. The average molecular weight is 256 g/mol. The van der Waals surface area contributed by atoms with Gasteiger partial charge in [0.15, 0.2) is 0 Å². The highest BCUT2D eigenvalue weighted by Gasteiger charge is 2.39. The minimum Gasteiger partial charge on any atom is -0.211 e. The Hall–Kier alpha value is 0.390. The Kier molecular flexibility index (Phi) is 2.85. The zero-order chi connectivity index (χ0) is 9.41. The molecule has 0 unspecified atom stereocenters. The van der Waals surface area contributed by atoms with Crippen LogP contribution < -0.4 is 0 Å². The summed E-state index contributed by atoms with van der Waals surface area (Å²) in [5.41, 5.74) is -0.188. The van der Waals surface area contributed by atoms with Gasteiger partial charge in [-0.15, -0.1) is 0 Å². The molecule has 0 spiro atoms. The van der Waals surface area contributed by atoms with Crippen LogP contribution in [0.2, 0.25) is 0 Å². The lowest BCUT2D eigenvalue weighted by atomic mass is 10.0. The van der Waals surface area contributed by atoms with Gasteiger partial charge in [-0.25, -0.2) is 8.42 Å². The fourth-order valence-electron chi connectivity index (χ4n) is 1.66. The van der Waals surface area contributed by atoms with Crippen molar-refractivity contribution in [2.24, 2.45) is 0 Å². The van der Waals surface area contributed by atoms with Crippen LogP contribution >= 0.6 is 15.9 Å². The Balaban J connectivity index is 2.90. The first-order chi connectivity index (χ1) is 5.40. The largest absolute Gasteiger partial charge is 0.224 e. The van der Waals surface area contributed by atoms with Crippen LogP contribution in [0.25, 0.3) is 0 Å². The molecule has 1 saturated heterocycles. The number of sulfonamides is 1. The minimum absolute atomic E-state index is 0.0312. The lowest BCUT2D eigenvalue weighted by Crippen LogP contribution is -2.42. The summed E-state index contributed by atoms with van der Waals surface area (Å²) in [6.07, 6.45) is 1.93. The second-order valence-electron chi connectivity index (χ2n) is 3.71.